The van der Waals surface area contributed by atoms with Crippen LogP contribution in [0.1, 0.15) is 28.9 Å². The molecule has 4 nitrogen and oxygen atoms in total. The Bertz CT molecular complexity index is 566. The van der Waals surface area contributed by atoms with Crippen LogP contribution < -0.4 is 11.1 Å². The molecule has 1 aromatic carbocycles. The first-order chi connectivity index (χ1) is 9.06. The van der Waals surface area contributed by atoms with Gasteiger partial charge in [-0.2, -0.15) is 0 Å². The van der Waals surface area contributed by atoms with Crippen LogP contribution in [0.3, 0.4) is 0 Å². The molecule has 0 fully saturated rings. The molecule has 1 atom stereocenters. The van der Waals surface area contributed by atoms with E-state index in [2.05, 4.69) is 10.3 Å². The molecule has 2 rings (SSSR count). The standard InChI is InChI=1S/C14H14ClN3O/c1-9(10-2-4-17-5-3-10)18-14(19)11-6-12(15)8-13(16)7-11/h2-9H,16H2,1H3,(H,18,19)/t9-/m1/s1. The number of amides is 1. The molecule has 2 aromatic rings. The van der Waals surface area contributed by atoms with E-state index in [1.807, 2.05) is 19.1 Å². The molecule has 0 aliphatic heterocycles. The number of nitrogens with zero attached hydrogens (tertiary/aromatic N) is 1. The highest BCUT2D eigenvalue weighted by molar-refractivity contribution is 6.31. The average Bonchev–Trinajstić information content (AvgIpc) is 2.38. The lowest BCUT2D eigenvalue weighted by Gasteiger charge is -2.14. The van der Waals surface area contributed by atoms with Gasteiger partial charge in [0.25, 0.3) is 5.91 Å². The maximum absolute atomic E-state index is 12.1. The van der Waals surface area contributed by atoms with E-state index in [4.69, 9.17) is 17.3 Å². The smallest absolute Gasteiger partial charge is 0.251 e. The van der Waals surface area contributed by atoms with Crippen molar-refractivity contribution in [1.29, 1.82) is 0 Å². The van der Waals surface area contributed by atoms with Gasteiger partial charge in [-0.05, 0) is 42.8 Å². The number of nitrogen functional groups attached to an aromatic ring is 1. The van der Waals surface area contributed by atoms with E-state index in [1.165, 1.54) is 0 Å². The lowest BCUT2D eigenvalue weighted by Crippen LogP contribution is -2.26. The number of hydrogen-bond donors (Lipinski definition) is 2. The molecule has 1 aromatic heterocycles. The number of nitrogens with one attached hydrogen (secondary N) is 1. The topological polar surface area (TPSA) is 68.0 Å². The molecular formula is C14H14ClN3O. The van der Waals surface area contributed by atoms with Gasteiger partial charge in [0.1, 0.15) is 0 Å². The number of carbonyl (C=O) groups excluding carboxylic acids is 1. The molecule has 0 unspecified atom stereocenters. The highest BCUT2D eigenvalue weighted by Gasteiger charge is 2.12. The fourth-order valence-corrected chi connectivity index (χ4v) is 2.00. The van der Waals surface area contributed by atoms with Crippen LogP contribution in [0.4, 0.5) is 5.69 Å². The third-order valence-corrected chi connectivity index (χ3v) is 2.95. The minimum atomic E-state index is -0.210. The fraction of sp³-hybridized carbons (Fsp3) is 0.143. The van der Waals surface area contributed by atoms with E-state index in [9.17, 15) is 4.79 Å². The number of carbonyl (C=O) groups is 1. The van der Waals surface area contributed by atoms with Crippen molar-refractivity contribution in [2.24, 2.45) is 0 Å². The Balaban J connectivity index is 2.13. The van der Waals surface area contributed by atoms with Gasteiger partial charge in [-0.25, -0.2) is 0 Å². The van der Waals surface area contributed by atoms with Crippen molar-refractivity contribution < 1.29 is 4.79 Å². The lowest BCUT2D eigenvalue weighted by molar-refractivity contribution is 0.0940. The van der Waals surface area contributed by atoms with Gasteiger partial charge in [-0.1, -0.05) is 11.6 Å². The molecule has 0 aliphatic carbocycles. The van der Waals surface area contributed by atoms with Gasteiger partial charge in [-0.3, -0.25) is 9.78 Å². The fourth-order valence-electron chi connectivity index (χ4n) is 1.76. The van der Waals surface area contributed by atoms with Crippen LogP contribution in [0, 0.1) is 0 Å². The molecule has 1 heterocycles. The Morgan fingerprint density at radius 2 is 2.00 bits per heavy atom. The Hall–Kier alpha value is -2.07. The molecule has 0 saturated carbocycles. The van der Waals surface area contributed by atoms with Crippen LogP contribution >= 0.6 is 11.6 Å². The Labute approximate surface area is 116 Å². The first-order valence-electron chi connectivity index (χ1n) is 5.83. The largest absolute Gasteiger partial charge is 0.399 e. The van der Waals surface area contributed by atoms with Crippen LogP contribution in [0.15, 0.2) is 42.7 Å². The number of pyridine rings is 1. The molecule has 0 spiro atoms. The summed E-state index contributed by atoms with van der Waals surface area (Å²) in [5, 5.41) is 3.33. The molecule has 0 saturated heterocycles. The van der Waals surface area contributed by atoms with Crippen molar-refractivity contribution in [2.75, 3.05) is 5.73 Å². The van der Waals surface area contributed by atoms with E-state index >= 15 is 0 Å². The van der Waals surface area contributed by atoms with Gasteiger partial charge in [0.05, 0.1) is 6.04 Å². The van der Waals surface area contributed by atoms with Gasteiger partial charge >= 0.3 is 0 Å². The van der Waals surface area contributed by atoms with Crippen molar-refractivity contribution in [3.63, 3.8) is 0 Å². The van der Waals surface area contributed by atoms with E-state index in [0.717, 1.165) is 5.56 Å². The Morgan fingerprint density at radius 3 is 2.63 bits per heavy atom. The molecule has 1 amide bonds. The summed E-state index contributed by atoms with van der Waals surface area (Å²) in [7, 11) is 0. The lowest BCUT2D eigenvalue weighted by atomic mass is 10.1. The molecule has 0 bridgehead atoms. The van der Waals surface area contributed by atoms with Crippen molar-refractivity contribution in [1.82, 2.24) is 10.3 Å². The molecule has 0 aliphatic rings. The minimum absolute atomic E-state index is 0.115. The van der Waals surface area contributed by atoms with Gasteiger partial charge in [0.2, 0.25) is 0 Å². The summed E-state index contributed by atoms with van der Waals surface area (Å²) in [5.74, 6) is -0.210. The van der Waals surface area contributed by atoms with Crippen molar-refractivity contribution in [2.45, 2.75) is 13.0 Å². The van der Waals surface area contributed by atoms with Crippen molar-refractivity contribution >= 4 is 23.2 Å². The van der Waals surface area contributed by atoms with E-state index < -0.39 is 0 Å². The zero-order valence-electron chi connectivity index (χ0n) is 10.4. The molecular weight excluding hydrogens is 262 g/mol. The van der Waals surface area contributed by atoms with Crippen LogP contribution in [0.2, 0.25) is 5.02 Å². The second-order valence-corrected chi connectivity index (χ2v) is 4.69. The minimum Gasteiger partial charge on any atom is -0.399 e. The number of nitrogens with two attached hydrogens (primary N) is 1. The zero-order chi connectivity index (χ0) is 13.8. The van der Waals surface area contributed by atoms with E-state index in [-0.39, 0.29) is 11.9 Å². The summed E-state index contributed by atoms with van der Waals surface area (Å²) in [4.78, 5) is 16.0. The van der Waals surface area contributed by atoms with Crippen LogP contribution in [0.25, 0.3) is 0 Å². The maximum Gasteiger partial charge on any atom is 0.251 e. The zero-order valence-corrected chi connectivity index (χ0v) is 11.2. The summed E-state index contributed by atoms with van der Waals surface area (Å²) in [6, 6.07) is 8.39. The number of benzene rings is 1. The summed E-state index contributed by atoms with van der Waals surface area (Å²) < 4.78 is 0. The highest BCUT2D eigenvalue weighted by Crippen LogP contribution is 2.18. The van der Waals surface area contributed by atoms with Gasteiger partial charge in [0.15, 0.2) is 0 Å². The molecule has 3 N–H and O–H groups in total. The Morgan fingerprint density at radius 1 is 1.32 bits per heavy atom. The highest BCUT2D eigenvalue weighted by atomic mass is 35.5. The van der Waals surface area contributed by atoms with Crippen LogP contribution in [0.5, 0.6) is 0 Å². The molecule has 5 heteroatoms. The average molecular weight is 276 g/mol. The number of hydrogen-bond acceptors (Lipinski definition) is 3. The maximum atomic E-state index is 12.1. The SMILES string of the molecule is C[C@@H](NC(=O)c1cc(N)cc(Cl)c1)c1ccncc1. The quantitative estimate of drug-likeness (QED) is 0.847. The van der Waals surface area contributed by atoms with Gasteiger partial charge in [0, 0.05) is 28.7 Å². The molecule has 0 radical (unpaired) electrons. The summed E-state index contributed by atoms with van der Waals surface area (Å²) in [5.41, 5.74) is 7.57. The second kappa shape index (κ2) is 5.71. The number of anilines is 1. The third kappa shape index (κ3) is 3.45. The first kappa shape index (κ1) is 13.4. The second-order valence-electron chi connectivity index (χ2n) is 4.25. The number of aromatic nitrogens is 1. The van der Waals surface area contributed by atoms with E-state index in [0.29, 0.717) is 16.3 Å². The van der Waals surface area contributed by atoms with Crippen molar-refractivity contribution in [3.05, 3.63) is 58.9 Å². The van der Waals surface area contributed by atoms with Gasteiger partial charge in [-0.15, -0.1) is 0 Å². The first-order valence-corrected chi connectivity index (χ1v) is 6.21. The molecule has 98 valence electrons. The van der Waals surface area contributed by atoms with E-state index in [1.54, 1.807) is 30.6 Å². The Kier molecular flexibility index (Phi) is 4.02. The normalized spacial score (nSPS) is 11.9. The monoisotopic (exact) mass is 275 g/mol. The van der Waals surface area contributed by atoms with Gasteiger partial charge < -0.3 is 11.1 Å². The summed E-state index contributed by atoms with van der Waals surface area (Å²) >= 11 is 5.88. The number of rotatable bonds is 3. The summed E-state index contributed by atoms with van der Waals surface area (Å²) in [6.07, 6.45) is 3.38. The third-order valence-electron chi connectivity index (χ3n) is 2.74. The summed E-state index contributed by atoms with van der Waals surface area (Å²) in [6.45, 7) is 1.90. The predicted octanol–water partition coefficient (Wildman–Crippen LogP) is 2.81. The predicted molar refractivity (Wildman–Crippen MR) is 76.0 cm³/mol. The number of halogens is 1. The van der Waals surface area contributed by atoms with Crippen LogP contribution in [-0.2, 0) is 0 Å². The van der Waals surface area contributed by atoms with Crippen molar-refractivity contribution in [3.8, 4) is 0 Å². The molecule has 19 heavy (non-hydrogen) atoms. The van der Waals surface area contributed by atoms with Crippen LogP contribution in [-0.4, -0.2) is 10.9 Å².